The van der Waals surface area contributed by atoms with Gasteiger partial charge in [-0.05, 0) is 33.8 Å². The van der Waals surface area contributed by atoms with E-state index in [1.807, 2.05) is 33.8 Å². The van der Waals surface area contributed by atoms with Crippen LogP contribution in [-0.2, 0) is 0 Å². The van der Waals surface area contributed by atoms with Crippen molar-refractivity contribution in [3.63, 3.8) is 0 Å². The number of hydrogen-bond donors (Lipinski definition) is 2. The second-order valence-corrected chi connectivity index (χ2v) is 6.23. The molecule has 1 atom stereocenters. The van der Waals surface area contributed by atoms with E-state index in [1.54, 1.807) is 24.6 Å². The summed E-state index contributed by atoms with van der Waals surface area (Å²) in [6, 6.07) is 1.79. The van der Waals surface area contributed by atoms with Crippen LogP contribution in [0.2, 0.25) is 0 Å². The van der Waals surface area contributed by atoms with Crippen LogP contribution < -0.4 is 10.6 Å². The average molecular weight is 304 g/mol. The maximum Gasteiger partial charge on any atom is 0.255 e. The van der Waals surface area contributed by atoms with Crippen molar-refractivity contribution >= 4 is 22.9 Å². The van der Waals surface area contributed by atoms with Gasteiger partial charge in [-0.25, -0.2) is 4.98 Å². The highest BCUT2D eigenvalue weighted by Gasteiger charge is 2.18. The van der Waals surface area contributed by atoms with Gasteiger partial charge in [-0.1, -0.05) is 0 Å². The Hall–Kier alpha value is -1.95. The minimum Gasteiger partial charge on any atom is -0.387 e. The molecule has 2 N–H and O–H groups in total. The Balaban J connectivity index is 2.20. The number of pyridine rings is 1. The van der Waals surface area contributed by atoms with E-state index in [9.17, 15) is 4.79 Å². The number of nitrogens with zero attached hydrogens (tertiary/aromatic N) is 2. The zero-order valence-electron chi connectivity index (χ0n) is 12.9. The molecule has 0 aliphatic heterocycles. The van der Waals surface area contributed by atoms with Crippen LogP contribution in [0.5, 0.6) is 0 Å². The Morgan fingerprint density at radius 3 is 2.62 bits per heavy atom. The van der Waals surface area contributed by atoms with E-state index >= 15 is 0 Å². The van der Waals surface area contributed by atoms with Gasteiger partial charge < -0.3 is 10.6 Å². The van der Waals surface area contributed by atoms with E-state index in [0.29, 0.717) is 5.56 Å². The van der Waals surface area contributed by atoms with Gasteiger partial charge in [0.2, 0.25) is 0 Å². The number of aryl methyl sites for hydroxylation is 3. The second kappa shape index (κ2) is 6.22. The maximum atomic E-state index is 12.4. The number of amides is 1. The summed E-state index contributed by atoms with van der Waals surface area (Å²) in [7, 11) is 1.80. The minimum atomic E-state index is -0.134. The Bertz CT molecular complexity index is 666. The first kappa shape index (κ1) is 15.4. The number of anilines is 1. The number of rotatable bonds is 4. The molecule has 0 radical (unpaired) electrons. The molecule has 2 aromatic rings. The fourth-order valence-corrected chi connectivity index (χ4v) is 3.17. The molecular formula is C15H20N4OS. The summed E-state index contributed by atoms with van der Waals surface area (Å²) in [6.45, 7) is 7.81. The third-order valence-electron chi connectivity index (χ3n) is 3.23. The van der Waals surface area contributed by atoms with E-state index in [2.05, 4.69) is 20.6 Å². The molecule has 2 heterocycles. The smallest absolute Gasteiger partial charge is 0.255 e. The number of nitrogens with one attached hydrogen (secondary N) is 2. The van der Waals surface area contributed by atoms with Crippen LogP contribution >= 0.6 is 11.3 Å². The molecule has 0 bridgehead atoms. The van der Waals surface area contributed by atoms with Crippen LogP contribution in [-0.4, -0.2) is 22.9 Å². The maximum absolute atomic E-state index is 12.4. The van der Waals surface area contributed by atoms with E-state index in [0.717, 1.165) is 27.0 Å². The fraction of sp³-hybridized carbons (Fsp3) is 0.400. The van der Waals surface area contributed by atoms with Crippen LogP contribution in [0.15, 0.2) is 12.3 Å². The molecule has 1 unspecified atom stereocenters. The zero-order chi connectivity index (χ0) is 15.6. The number of thiazole rings is 1. The van der Waals surface area contributed by atoms with Crippen molar-refractivity contribution in [3.8, 4) is 0 Å². The van der Waals surface area contributed by atoms with Crippen molar-refractivity contribution in [1.82, 2.24) is 15.3 Å². The first-order valence-electron chi connectivity index (χ1n) is 6.81. The molecule has 5 nitrogen and oxygen atoms in total. The zero-order valence-corrected chi connectivity index (χ0v) is 13.8. The molecule has 1 amide bonds. The number of aromatic nitrogens is 2. The van der Waals surface area contributed by atoms with E-state index in [1.165, 1.54) is 0 Å². The van der Waals surface area contributed by atoms with E-state index in [-0.39, 0.29) is 11.9 Å². The van der Waals surface area contributed by atoms with Gasteiger partial charge in [-0.15, -0.1) is 11.3 Å². The molecule has 0 spiro atoms. The van der Waals surface area contributed by atoms with Crippen LogP contribution in [0.4, 0.5) is 5.69 Å². The number of carbonyl (C=O) groups excluding carboxylic acids is 1. The largest absolute Gasteiger partial charge is 0.387 e. The third kappa shape index (κ3) is 3.39. The number of hydrogen-bond acceptors (Lipinski definition) is 5. The molecule has 0 aromatic carbocycles. The van der Waals surface area contributed by atoms with Crippen LogP contribution in [0.25, 0.3) is 0 Å². The SMILES string of the molecule is CNc1cc(C)ncc1C(=O)NC(C)c1sc(C)nc1C. The predicted molar refractivity (Wildman–Crippen MR) is 86.0 cm³/mol. The Labute approximate surface area is 128 Å². The van der Waals surface area contributed by atoms with Crippen LogP contribution in [0.3, 0.4) is 0 Å². The molecule has 0 fully saturated rings. The summed E-state index contributed by atoms with van der Waals surface area (Å²) in [4.78, 5) is 22.1. The summed E-state index contributed by atoms with van der Waals surface area (Å²) in [6.07, 6.45) is 1.61. The monoisotopic (exact) mass is 304 g/mol. The third-order valence-corrected chi connectivity index (χ3v) is 4.49. The van der Waals surface area contributed by atoms with E-state index < -0.39 is 0 Å². The molecule has 6 heteroatoms. The second-order valence-electron chi connectivity index (χ2n) is 5.00. The van der Waals surface area contributed by atoms with Crippen molar-refractivity contribution in [1.29, 1.82) is 0 Å². The average Bonchev–Trinajstić information content (AvgIpc) is 2.77. The number of carbonyl (C=O) groups is 1. The molecule has 0 aliphatic carbocycles. The lowest BCUT2D eigenvalue weighted by Gasteiger charge is -2.15. The van der Waals surface area contributed by atoms with E-state index in [4.69, 9.17) is 0 Å². The standard InChI is InChI=1S/C15H20N4OS/c1-8-6-13(16-5)12(7-17-8)15(20)19-10(3)14-9(2)18-11(4)21-14/h6-7,10H,1-5H3,(H,16,17)(H,19,20). The molecule has 2 aromatic heterocycles. The van der Waals surface area contributed by atoms with Crippen molar-refractivity contribution in [2.45, 2.75) is 33.7 Å². The lowest BCUT2D eigenvalue weighted by molar-refractivity contribution is 0.0941. The van der Waals surface area contributed by atoms with Gasteiger partial charge >= 0.3 is 0 Å². The van der Waals surface area contributed by atoms with Crippen LogP contribution in [0, 0.1) is 20.8 Å². The van der Waals surface area contributed by atoms with Crippen molar-refractivity contribution in [2.75, 3.05) is 12.4 Å². The molecule has 112 valence electrons. The van der Waals surface area contributed by atoms with Gasteiger partial charge in [0.05, 0.1) is 28.0 Å². The lowest BCUT2D eigenvalue weighted by Crippen LogP contribution is -2.27. The van der Waals surface area contributed by atoms with Gasteiger partial charge in [0.1, 0.15) is 0 Å². The van der Waals surface area contributed by atoms with Crippen molar-refractivity contribution < 1.29 is 4.79 Å². The predicted octanol–water partition coefficient (Wildman–Crippen LogP) is 3.00. The highest BCUT2D eigenvalue weighted by Crippen LogP contribution is 2.25. The summed E-state index contributed by atoms with van der Waals surface area (Å²) in [5.41, 5.74) is 3.18. The van der Waals surface area contributed by atoms with Gasteiger partial charge in [-0.2, -0.15) is 0 Å². The van der Waals surface area contributed by atoms with Crippen molar-refractivity contribution in [3.05, 3.63) is 39.1 Å². The van der Waals surface area contributed by atoms with Crippen LogP contribution in [0.1, 0.15) is 44.6 Å². The first-order valence-corrected chi connectivity index (χ1v) is 7.63. The molecule has 0 saturated heterocycles. The highest BCUT2D eigenvalue weighted by atomic mass is 32.1. The molecule has 0 saturated carbocycles. The van der Waals surface area contributed by atoms with Gasteiger partial charge in [-0.3, -0.25) is 9.78 Å². The Morgan fingerprint density at radius 2 is 2.05 bits per heavy atom. The summed E-state index contributed by atoms with van der Waals surface area (Å²) in [5.74, 6) is -0.134. The molecule has 2 rings (SSSR count). The Morgan fingerprint density at radius 1 is 1.33 bits per heavy atom. The minimum absolute atomic E-state index is 0.0743. The summed E-state index contributed by atoms with van der Waals surface area (Å²) >= 11 is 1.61. The van der Waals surface area contributed by atoms with Crippen molar-refractivity contribution in [2.24, 2.45) is 0 Å². The lowest BCUT2D eigenvalue weighted by atomic mass is 10.1. The normalized spacial score (nSPS) is 12.0. The molecule has 21 heavy (non-hydrogen) atoms. The topological polar surface area (TPSA) is 66.9 Å². The van der Waals surface area contributed by atoms with Gasteiger partial charge in [0.25, 0.3) is 5.91 Å². The van der Waals surface area contributed by atoms with Gasteiger partial charge in [0.15, 0.2) is 0 Å². The Kier molecular flexibility index (Phi) is 4.57. The first-order chi connectivity index (χ1) is 9.92. The summed E-state index contributed by atoms with van der Waals surface area (Å²) < 4.78 is 0. The fourth-order valence-electron chi connectivity index (χ4n) is 2.24. The summed E-state index contributed by atoms with van der Waals surface area (Å²) in [5, 5.41) is 7.06. The molecular weight excluding hydrogens is 284 g/mol. The highest BCUT2D eigenvalue weighted by molar-refractivity contribution is 7.11. The molecule has 0 aliphatic rings. The quantitative estimate of drug-likeness (QED) is 0.911. The van der Waals surface area contributed by atoms with Gasteiger partial charge in [0, 0.05) is 23.8 Å².